The standard InChI is InChI=1S/C16H19NO/c1-2-18-15-8-5-7-14(12-15)16-9-4-3-6-13(16)10-11-17/h3-9,12H,2,10-11,17H2,1H3. The van der Waals surface area contributed by atoms with Gasteiger partial charge in [0.1, 0.15) is 5.75 Å². The van der Waals surface area contributed by atoms with Crippen LogP contribution >= 0.6 is 0 Å². The quantitative estimate of drug-likeness (QED) is 0.872. The summed E-state index contributed by atoms with van der Waals surface area (Å²) >= 11 is 0. The van der Waals surface area contributed by atoms with Crippen molar-refractivity contribution in [3.8, 4) is 16.9 Å². The summed E-state index contributed by atoms with van der Waals surface area (Å²) < 4.78 is 5.54. The molecule has 0 aliphatic heterocycles. The highest BCUT2D eigenvalue weighted by Gasteiger charge is 2.04. The first-order valence-electron chi connectivity index (χ1n) is 6.36. The predicted molar refractivity (Wildman–Crippen MR) is 75.8 cm³/mol. The van der Waals surface area contributed by atoms with Crippen molar-refractivity contribution in [2.24, 2.45) is 5.73 Å². The summed E-state index contributed by atoms with van der Waals surface area (Å²) in [4.78, 5) is 0. The van der Waals surface area contributed by atoms with Crippen LogP contribution in [-0.4, -0.2) is 13.2 Å². The minimum atomic E-state index is 0.669. The van der Waals surface area contributed by atoms with Gasteiger partial charge in [0.05, 0.1) is 6.61 Å². The Bertz CT molecular complexity index is 508. The second-order valence-corrected chi connectivity index (χ2v) is 4.16. The van der Waals surface area contributed by atoms with Crippen molar-refractivity contribution in [3.63, 3.8) is 0 Å². The van der Waals surface area contributed by atoms with Gasteiger partial charge in [-0.2, -0.15) is 0 Å². The van der Waals surface area contributed by atoms with Crippen LogP contribution in [0.1, 0.15) is 12.5 Å². The van der Waals surface area contributed by atoms with Gasteiger partial charge in [0.25, 0.3) is 0 Å². The van der Waals surface area contributed by atoms with Crippen LogP contribution in [0.5, 0.6) is 5.75 Å². The first-order valence-corrected chi connectivity index (χ1v) is 6.36. The van der Waals surface area contributed by atoms with Gasteiger partial charge in [0.2, 0.25) is 0 Å². The molecule has 2 heteroatoms. The van der Waals surface area contributed by atoms with Gasteiger partial charge >= 0.3 is 0 Å². The zero-order valence-electron chi connectivity index (χ0n) is 10.7. The van der Waals surface area contributed by atoms with Gasteiger partial charge in [-0.3, -0.25) is 0 Å². The average molecular weight is 241 g/mol. The van der Waals surface area contributed by atoms with E-state index in [1.807, 2.05) is 19.1 Å². The Morgan fingerprint density at radius 3 is 2.67 bits per heavy atom. The molecule has 0 aliphatic rings. The molecule has 0 unspecified atom stereocenters. The summed E-state index contributed by atoms with van der Waals surface area (Å²) in [5.41, 5.74) is 9.37. The molecule has 0 saturated heterocycles. The van der Waals surface area contributed by atoms with Gasteiger partial charge in [-0.05, 0) is 48.7 Å². The maximum Gasteiger partial charge on any atom is 0.119 e. The van der Waals surface area contributed by atoms with E-state index in [2.05, 4.69) is 36.4 Å². The number of rotatable bonds is 5. The summed E-state index contributed by atoms with van der Waals surface area (Å²) in [6.07, 6.45) is 0.898. The Morgan fingerprint density at radius 1 is 1.06 bits per heavy atom. The van der Waals surface area contributed by atoms with Gasteiger partial charge in [-0.25, -0.2) is 0 Å². The van der Waals surface area contributed by atoms with Gasteiger partial charge in [0.15, 0.2) is 0 Å². The summed E-state index contributed by atoms with van der Waals surface area (Å²) in [5.74, 6) is 0.914. The molecular weight excluding hydrogens is 222 g/mol. The fraction of sp³-hybridized carbons (Fsp3) is 0.250. The molecule has 0 spiro atoms. The Labute approximate surface area is 108 Å². The highest BCUT2D eigenvalue weighted by atomic mass is 16.5. The number of hydrogen-bond donors (Lipinski definition) is 1. The lowest BCUT2D eigenvalue weighted by Crippen LogP contribution is -2.03. The number of hydrogen-bond acceptors (Lipinski definition) is 2. The van der Waals surface area contributed by atoms with Crippen LogP contribution in [0.4, 0.5) is 0 Å². The molecule has 18 heavy (non-hydrogen) atoms. The zero-order chi connectivity index (χ0) is 12.8. The summed E-state index contributed by atoms with van der Waals surface area (Å²) in [7, 11) is 0. The van der Waals surface area contributed by atoms with E-state index < -0.39 is 0 Å². The molecule has 94 valence electrons. The molecule has 0 aliphatic carbocycles. The van der Waals surface area contributed by atoms with Crippen LogP contribution in [-0.2, 0) is 6.42 Å². The van der Waals surface area contributed by atoms with E-state index in [0.29, 0.717) is 13.2 Å². The molecular formula is C16H19NO. The molecule has 2 N–H and O–H groups in total. The second kappa shape index (κ2) is 6.22. The molecule has 0 saturated carbocycles. The van der Waals surface area contributed by atoms with E-state index in [0.717, 1.165) is 12.2 Å². The van der Waals surface area contributed by atoms with Gasteiger partial charge in [-0.1, -0.05) is 36.4 Å². The Morgan fingerprint density at radius 2 is 1.89 bits per heavy atom. The summed E-state index contributed by atoms with van der Waals surface area (Å²) in [6, 6.07) is 16.6. The van der Waals surface area contributed by atoms with Crippen molar-refractivity contribution in [1.82, 2.24) is 0 Å². The third-order valence-corrected chi connectivity index (χ3v) is 2.89. The molecule has 0 amide bonds. The smallest absolute Gasteiger partial charge is 0.119 e. The molecule has 0 bridgehead atoms. The molecule has 2 aromatic rings. The molecule has 2 rings (SSSR count). The van der Waals surface area contributed by atoms with Crippen molar-refractivity contribution in [2.45, 2.75) is 13.3 Å². The SMILES string of the molecule is CCOc1cccc(-c2ccccc2CCN)c1. The molecule has 0 fully saturated rings. The summed E-state index contributed by atoms with van der Waals surface area (Å²) in [5, 5.41) is 0. The minimum absolute atomic E-state index is 0.669. The maximum absolute atomic E-state index is 5.66. The van der Waals surface area contributed by atoms with Crippen LogP contribution < -0.4 is 10.5 Å². The van der Waals surface area contributed by atoms with Crippen molar-refractivity contribution in [3.05, 3.63) is 54.1 Å². The van der Waals surface area contributed by atoms with E-state index in [-0.39, 0.29) is 0 Å². The van der Waals surface area contributed by atoms with Gasteiger partial charge in [0, 0.05) is 0 Å². The van der Waals surface area contributed by atoms with Crippen molar-refractivity contribution >= 4 is 0 Å². The van der Waals surface area contributed by atoms with E-state index >= 15 is 0 Å². The third kappa shape index (κ3) is 2.90. The van der Waals surface area contributed by atoms with Crippen LogP contribution in [0.3, 0.4) is 0 Å². The topological polar surface area (TPSA) is 35.2 Å². The predicted octanol–water partition coefficient (Wildman–Crippen LogP) is 3.25. The van der Waals surface area contributed by atoms with Crippen LogP contribution in [0.2, 0.25) is 0 Å². The lowest BCUT2D eigenvalue weighted by molar-refractivity contribution is 0.340. The average Bonchev–Trinajstić information content (AvgIpc) is 2.40. The van der Waals surface area contributed by atoms with Crippen molar-refractivity contribution < 1.29 is 4.74 Å². The first kappa shape index (κ1) is 12.7. The van der Waals surface area contributed by atoms with Crippen molar-refractivity contribution in [1.29, 1.82) is 0 Å². The normalized spacial score (nSPS) is 10.3. The zero-order valence-corrected chi connectivity index (χ0v) is 10.7. The number of benzene rings is 2. The molecule has 0 atom stereocenters. The van der Waals surface area contributed by atoms with E-state index in [4.69, 9.17) is 10.5 Å². The minimum Gasteiger partial charge on any atom is -0.494 e. The Kier molecular flexibility index (Phi) is 4.37. The number of nitrogens with two attached hydrogens (primary N) is 1. The monoisotopic (exact) mass is 241 g/mol. The summed E-state index contributed by atoms with van der Waals surface area (Å²) in [6.45, 7) is 3.35. The fourth-order valence-corrected chi connectivity index (χ4v) is 2.10. The van der Waals surface area contributed by atoms with Gasteiger partial charge < -0.3 is 10.5 Å². The molecule has 0 aromatic heterocycles. The van der Waals surface area contributed by atoms with E-state index in [1.54, 1.807) is 0 Å². The van der Waals surface area contributed by atoms with Gasteiger partial charge in [-0.15, -0.1) is 0 Å². The molecule has 0 heterocycles. The molecule has 0 radical (unpaired) electrons. The maximum atomic E-state index is 5.66. The lowest BCUT2D eigenvalue weighted by Gasteiger charge is -2.10. The first-order chi connectivity index (χ1) is 8.85. The van der Waals surface area contributed by atoms with Crippen molar-refractivity contribution in [2.75, 3.05) is 13.2 Å². The fourth-order valence-electron chi connectivity index (χ4n) is 2.10. The largest absolute Gasteiger partial charge is 0.494 e. The van der Waals surface area contributed by atoms with E-state index in [9.17, 15) is 0 Å². The van der Waals surface area contributed by atoms with E-state index in [1.165, 1.54) is 16.7 Å². The number of ether oxygens (including phenoxy) is 1. The lowest BCUT2D eigenvalue weighted by atomic mass is 9.97. The highest BCUT2D eigenvalue weighted by molar-refractivity contribution is 5.68. The highest BCUT2D eigenvalue weighted by Crippen LogP contribution is 2.27. The van der Waals surface area contributed by atoms with Crippen LogP contribution in [0, 0.1) is 0 Å². The second-order valence-electron chi connectivity index (χ2n) is 4.16. The molecule has 2 nitrogen and oxygen atoms in total. The Balaban J connectivity index is 2.38. The third-order valence-electron chi connectivity index (χ3n) is 2.89. The van der Waals surface area contributed by atoms with Crippen LogP contribution in [0.25, 0.3) is 11.1 Å². The Hall–Kier alpha value is -1.80. The molecule has 2 aromatic carbocycles. The van der Waals surface area contributed by atoms with Crippen LogP contribution in [0.15, 0.2) is 48.5 Å².